The minimum Gasteiger partial charge on any atom is -0.481 e. The summed E-state index contributed by atoms with van der Waals surface area (Å²) in [5, 5.41) is 22.3. The number of nitrogens with two attached hydrogens (primary N) is 1. The van der Waals surface area contributed by atoms with Crippen LogP contribution in [0.4, 0.5) is 0 Å². The van der Waals surface area contributed by atoms with Crippen molar-refractivity contribution in [1.29, 1.82) is 0 Å². The van der Waals surface area contributed by atoms with Crippen molar-refractivity contribution in [2.24, 2.45) is 17.6 Å². The van der Waals surface area contributed by atoms with E-state index in [1.807, 2.05) is 13.8 Å². The quantitative estimate of drug-likeness (QED) is 0.358. The van der Waals surface area contributed by atoms with Crippen molar-refractivity contribution in [2.75, 3.05) is 0 Å². The van der Waals surface area contributed by atoms with Gasteiger partial charge in [0.05, 0.1) is 12.5 Å². The molecule has 138 valence electrons. The van der Waals surface area contributed by atoms with E-state index in [9.17, 15) is 19.2 Å². The van der Waals surface area contributed by atoms with E-state index in [2.05, 4.69) is 10.6 Å². The van der Waals surface area contributed by atoms with Gasteiger partial charge in [-0.2, -0.15) is 0 Å². The molecule has 0 aromatic rings. The van der Waals surface area contributed by atoms with Crippen molar-refractivity contribution in [1.82, 2.24) is 10.6 Å². The van der Waals surface area contributed by atoms with Gasteiger partial charge in [-0.3, -0.25) is 14.4 Å². The molecule has 6 N–H and O–H groups in total. The standard InChI is InChI=1S/C15H27N3O6/c1-5-8(4)11(16)13(21)18-12(7(2)3)14(22)17-9(15(23)24)6-10(19)20/h7-9,11-12H,5-6,16H2,1-4H3,(H,17,22)(H,18,21)(H,19,20)(H,23,24)/t8-,9-,11-,12-/m0/s1. The number of nitrogens with one attached hydrogen (secondary N) is 2. The zero-order valence-electron chi connectivity index (χ0n) is 14.4. The maximum Gasteiger partial charge on any atom is 0.326 e. The molecular weight excluding hydrogens is 318 g/mol. The maximum atomic E-state index is 12.3. The Kier molecular flexibility index (Phi) is 8.97. The van der Waals surface area contributed by atoms with Gasteiger partial charge in [0, 0.05) is 0 Å². The van der Waals surface area contributed by atoms with Crippen LogP contribution in [0.15, 0.2) is 0 Å². The third-order valence-corrected chi connectivity index (χ3v) is 3.80. The van der Waals surface area contributed by atoms with E-state index in [1.165, 1.54) is 0 Å². The third kappa shape index (κ3) is 6.95. The number of rotatable bonds is 10. The first kappa shape index (κ1) is 21.8. The molecule has 0 radical (unpaired) electrons. The second kappa shape index (κ2) is 9.86. The summed E-state index contributed by atoms with van der Waals surface area (Å²) < 4.78 is 0. The summed E-state index contributed by atoms with van der Waals surface area (Å²) in [6, 6.07) is -3.38. The minimum absolute atomic E-state index is 0.0837. The summed E-state index contributed by atoms with van der Waals surface area (Å²) in [5.41, 5.74) is 5.82. The smallest absolute Gasteiger partial charge is 0.326 e. The molecule has 0 heterocycles. The van der Waals surface area contributed by atoms with Crippen molar-refractivity contribution in [3.8, 4) is 0 Å². The number of carboxylic acids is 2. The molecule has 0 aliphatic carbocycles. The molecule has 0 spiro atoms. The summed E-state index contributed by atoms with van der Waals surface area (Å²) in [6.45, 7) is 7.04. The molecule has 0 aromatic heterocycles. The van der Waals surface area contributed by atoms with Crippen LogP contribution in [0.1, 0.15) is 40.5 Å². The molecule has 4 atom stereocenters. The van der Waals surface area contributed by atoms with Gasteiger partial charge >= 0.3 is 11.9 Å². The fourth-order valence-corrected chi connectivity index (χ4v) is 1.93. The fourth-order valence-electron chi connectivity index (χ4n) is 1.93. The summed E-state index contributed by atoms with van der Waals surface area (Å²) in [4.78, 5) is 46.1. The number of aliphatic carboxylic acids is 2. The molecule has 0 rings (SSSR count). The van der Waals surface area contributed by atoms with Crippen LogP contribution in [0.2, 0.25) is 0 Å². The van der Waals surface area contributed by atoms with Crippen LogP contribution in [0.25, 0.3) is 0 Å². The van der Waals surface area contributed by atoms with Gasteiger partial charge in [0.2, 0.25) is 11.8 Å². The topological polar surface area (TPSA) is 159 Å². The van der Waals surface area contributed by atoms with Gasteiger partial charge in [-0.15, -0.1) is 0 Å². The lowest BCUT2D eigenvalue weighted by Crippen LogP contribution is -2.57. The van der Waals surface area contributed by atoms with Crippen LogP contribution in [-0.2, 0) is 19.2 Å². The Morgan fingerprint density at radius 2 is 1.54 bits per heavy atom. The van der Waals surface area contributed by atoms with Gasteiger partial charge < -0.3 is 26.6 Å². The molecule has 24 heavy (non-hydrogen) atoms. The van der Waals surface area contributed by atoms with Crippen molar-refractivity contribution < 1.29 is 29.4 Å². The lowest BCUT2D eigenvalue weighted by molar-refractivity contribution is -0.147. The van der Waals surface area contributed by atoms with Crippen molar-refractivity contribution in [2.45, 2.75) is 58.7 Å². The highest BCUT2D eigenvalue weighted by atomic mass is 16.4. The third-order valence-electron chi connectivity index (χ3n) is 3.80. The van der Waals surface area contributed by atoms with Gasteiger partial charge in [-0.1, -0.05) is 34.1 Å². The molecule has 0 saturated heterocycles. The first-order valence-corrected chi connectivity index (χ1v) is 7.82. The van der Waals surface area contributed by atoms with E-state index in [0.29, 0.717) is 6.42 Å². The number of carboxylic acid groups (broad SMARTS) is 2. The highest BCUT2D eigenvalue weighted by Crippen LogP contribution is 2.08. The Bertz CT molecular complexity index is 480. The molecule has 0 aliphatic rings. The Labute approximate surface area is 141 Å². The monoisotopic (exact) mass is 345 g/mol. The lowest BCUT2D eigenvalue weighted by atomic mass is 9.97. The Morgan fingerprint density at radius 3 is 1.92 bits per heavy atom. The molecule has 9 heteroatoms. The summed E-state index contributed by atoms with van der Waals surface area (Å²) >= 11 is 0. The van der Waals surface area contributed by atoms with Crippen molar-refractivity contribution >= 4 is 23.8 Å². The van der Waals surface area contributed by atoms with E-state index >= 15 is 0 Å². The van der Waals surface area contributed by atoms with Gasteiger partial charge in [0.15, 0.2) is 0 Å². The Hall–Kier alpha value is -2.16. The van der Waals surface area contributed by atoms with E-state index < -0.39 is 48.3 Å². The van der Waals surface area contributed by atoms with Gasteiger partial charge in [-0.05, 0) is 11.8 Å². The van der Waals surface area contributed by atoms with E-state index in [0.717, 1.165) is 0 Å². The molecule has 2 amide bonds. The van der Waals surface area contributed by atoms with Crippen LogP contribution >= 0.6 is 0 Å². The second-order valence-corrected chi connectivity index (χ2v) is 6.14. The number of carbonyl (C=O) groups excluding carboxylic acids is 2. The van der Waals surface area contributed by atoms with Gasteiger partial charge in [0.1, 0.15) is 12.1 Å². The van der Waals surface area contributed by atoms with Crippen LogP contribution in [0.3, 0.4) is 0 Å². The van der Waals surface area contributed by atoms with Crippen LogP contribution in [0.5, 0.6) is 0 Å². The first-order chi connectivity index (χ1) is 11.0. The zero-order valence-corrected chi connectivity index (χ0v) is 14.4. The molecule has 9 nitrogen and oxygen atoms in total. The predicted octanol–water partition coefficient (Wildman–Crippen LogP) is -0.455. The molecule has 0 fully saturated rings. The van der Waals surface area contributed by atoms with Crippen LogP contribution in [0, 0.1) is 11.8 Å². The average molecular weight is 345 g/mol. The zero-order chi connectivity index (χ0) is 19.0. The first-order valence-electron chi connectivity index (χ1n) is 7.82. The predicted molar refractivity (Wildman–Crippen MR) is 86.0 cm³/mol. The Balaban J connectivity index is 5.04. The fraction of sp³-hybridized carbons (Fsp3) is 0.733. The summed E-state index contributed by atoms with van der Waals surface area (Å²) in [6.07, 6.45) is -0.0704. The Morgan fingerprint density at radius 1 is 1.00 bits per heavy atom. The van der Waals surface area contributed by atoms with Crippen LogP contribution in [-0.4, -0.2) is 52.1 Å². The number of carbonyl (C=O) groups is 4. The molecule has 0 aromatic carbocycles. The maximum absolute atomic E-state index is 12.3. The second-order valence-electron chi connectivity index (χ2n) is 6.14. The van der Waals surface area contributed by atoms with E-state index in [1.54, 1.807) is 13.8 Å². The van der Waals surface area contributed by atoms with Crippen molar-refractivity contribution in [3.63, 3.8) is 0 Å². The number of hydrogen-bond donors (Lipinski definition) is 5. The molecule has 0 bridgehead atoms. The van der Waals surface area contributed by atoms with E-state index in [-0.39, 0.29) is 11.8 Å². The molecule has 0 unspecified atom stereocenters. The van der Waals surface area contributed by atoms with Gasteiger partial charge in [0.25, 0.3) is 0 Å². The SMILES string of the molecule is CC[C@H](C)[C@H](N)C(=O)N[C@H](C(=O)N[C@@H](CC(=O)O)C(=O)O)C(C)C. The van der Waals surface area contributed by atoms with Crippen molar-refractivity contribution in [3.05, 3.63) is 0 Å². The molecule has 0 aliphatic heterocycles. The largest absolute Gasteiger partial charge is 0.481 e. The number of amides is 2. The highest BCUT2D eigenvalue weighted by Gasteiger charge is 2.31. The van der Waals surface area contributed by atoms with E-state index in [4.69, 9.17) is 15.9 Å². The molecule has 0 saturated carbocycles. The highest BCUT2D eigenvalue weighted by molar-refractivity contribution is 5.92. The lowest BCUT2D eigenvalue weighted by Gasteiger charge is -2.26. The normalized spacial score (nSPS) is 15.9. The average Bonchev–Trinajstić information content (AvgIpc) is 2.48. The number of hydrogen-bond acceptors (Lipinski definition) is 5. The summed E-state index contributed by atoms with van der Waals surface area (Å²) in [5.74, 6) is -4.51. The molecular formula is C15H27N3O6. The summed E-state index contributed by atoms with van der Waals surface area (Å²) in [7, 11) is 0. The minimum atomic E-state index is -1.57. The van der Waals surface area contributed by atoms with Gasteiger partial charge in [-0.25, -0.2) is 4.79 Å². The van der Waals surface area contributed by atoms with Crippen LogP contribution < -0.4 is 16.4 Å².